The van der Waals surface area contributed by atoms with Crippen LogP contribution in [0.2, 0.25) is 0 Å². The van der Waals surface area contributed by atoms with Crippen LogP contribution in [0.1, 0.15) is 73.6 Å². The highest BCUT2D eigenvalue weighted by Gasteiger charge is 2.18. The van der Waals surface area contributed by atoms with Crippen molar-refractivity contribution in [2.75, 3.05) is 134 Å². The van der Waals surface area contributed by atoms with Gasteiger partial charge in [0, 0.05) is 62.8 Å². The van der Waals surface area contributed by atoms with Crippen LogP contribution in [0, 0.1) is 40.0 Å². The number of aryl methyl sites for hydroxylation is 4. The summed E-state index contributed by atoms with van der Waals surface area (Å²) in [5.74, 6) is 2.20. The lowest BCUT2D eigenvalue weighted by atomic mass is 10.1. The number of benzene rings is 6. The third-order valence-corrected chi connectivity index (χ3v) is 18.0. The lowest BCUT2D eigenvalue weighted by molar-refractivity contribution is -0.153. The van der Waals surface area contributed by atoms with Crippen LogP contribution in [-0.2, 0) is 53.5 Å². The molecular formula is C70H96N14O14S3. The Bertz CT molecular complexity index is 3810. The Hall–Kier alpha value is -9.52. The van der Waals surface area contributed by atoms with E-state index in [0.29, 0.717) is 80.1 Å². The number of anilines is 7. The Morgan fingerprint density at radius 1 is 0.594 bits per heavy atom. The molecule has 0 spiro atoms. The van der Waals surface area contributed by atoms with Gasteiger partial charge in [-0.25, -0.2) is 36.9 Å². The minimum atomic E-state index is -3.73. The van der Waals surface area contributed by atoms with Crippen molar-refractivity contribution in [3.63, 3.8) is 0 Å². The van der Waals surface area contributed by atoms with E-state index in [1.165, 1.54) is 49.5 Å². The topological polar surface area (TPSA) is 351 Å². The lowest BCUT2D eigenvalue weighted by Crippen LogP contribution is -2.47. The summed E-state index contributed by atoms with van der Waals surface area (Å²) in [6.45, 7) is 13.9. The van der Waals surface area contributed by atoms with Gasteiger partial charge in [-0.15, -0.1) is 6.42 Å². The minimum absolute atomic E-state index is 0.0275. The van der Waals surface area contributed by atoms with Gasteiger partial charge >= 0.3 is 29.7 Å². The van der Waals surface area contributed by atoms with Crippen LogP contribution in [0.4, 0.5) is 44.6 Å². The molecular weight excluding hydrogens is 1360 g/mol. The lowest BCUT2D eigenvalue weighted by Gasteiger charge is -2.26. The van der Waals surface area contributed by atoms with Gasteiger partial charge in [0.1, 0.15) is 18.2 Å². The Balaban J connectivity index is 0.000000273. The average molecular weight is 1450 g/mol. The van der Waals surface area contributed by atoms with E-state index in [1.54, 1.807) is 118 Å². The van der Waals surface area contributed by atoms with Gasteiger partial charge in [0.05, 0.1) is 47.5 Å². The van der Waals surface area contributed by atoms with Crippen LogP contribution in [0.3, 0.4) is 0 Å². The van der Waals surface area contributed by atoms with E-state index in [4.69, 9.17) is 25.5 Å². The second kappa shape index (κ2) is 45.3. The maximum Gasteiger partial charge on any atom is 0.399 e. The first kappa shape index (κ1) is 82.1. The summed E-state index contributed by atoms with van der Waals surface area (Å²) in [6, 6.07) is 37.9. The van der Waals surface area contributed by atoms with E-state index in [0.717, 1.165) is 64.6 Å². The molecule has 0 unspecified atom stereocenters. The molecule has 28 nitrogen and oxygen atoms in total. The fraction of sp³-hybridized carbons (Fsp3) is 0.386. The molecule has 1 saturated heterocycles. The van der Waals surface area contributed by atoms with Crippen LogP contribution >= 0.6 is 11.8 Å². The highest BCUT2D eigenvalue weighted by Crippen LogP contribution is 2.24. The maximum absolute atomic E-state index is 12.8. The largest absolute Gasteiger partial charge is 0.493 e. The Morgan fingerprint density at radius 2 is 1.16 bits per heavy atom. The predicted octanol–water partition coefficient (Wildman–Crippen LogP) is 8.80. The van der Waals surface area contributed by atoms with E-state index in [-0.39, 0.29) is 23.3 Å². The second-order valence-electron chi connectivity index (χ2n) is 23.1. The van der Waals surface area contributed by atoms with Gasteiger partial charge < -0.3 is 39.9 Å². The molecule has 6 aromatic rings. The van der Waals surface area contributed by atoms with Crippen LogP contribution in [-0.4, -0.2) is 154 Å². The van der Waals surface area contributed by atoms with Crippen molar-refractivity contribution in [3.8, 4) is 23.8 Å². The van der Waals surface area contributed by atoms with Crippen LogP contribution < -0.4 is 73.0 Å². The van der Waals surface area contributed by atoms with Gasteiger partial charge in [0.15, 0.2) is 6.61 Å². The van der Waals surface area contributed by atoms with Crippen molar-refractivity contribution in [1.29, 1.82) is 0 Å². The minimum Gasteiger partial charge on any atom is -0.493 e. The predicted molar refractivity (Wildman–Crippen MR) is 398 cm³/mol. The highest BCUT2D eigenvalue weighted by molar-refractivity contribution is 7.99. The number of sulfonamides is 2. The average Bonchev–Trinajstić information content (AvgIpc) is 0.828. The van der Waals surface area contributed by atoms with Crippen molar-refractivity contribution < 1.29 is 64.6 Å². The number of esters is 1. The molecule has 0 atom stereocenters. The fourth-order valence-corrected chi connectivity index (χ4v) is 12.4. The number of urea groups is 1. The first-order valence-electron chi connectivity index (χ1n) is 32.8. The van der Waals surface area contributed by atoms with Crippen LogP contribution in [0.25, 0.3) is 0 Å². The monoisotopic (exact) mass is 1450 g/mol. The molecule has 12 N–H and O–H groups in total. The number of methoxy groups -OCH3 is 1. The Kier molecular flexibility index (Phi) is 36.8. The quantitative estimate of drug-likeness (QED) is 0.00433. The first-order chi connectivity index (χ1) is 48.5. The SMILES string of the molecule is C#CCOC(=O)C(=O)NNc1ccc(NC(=O)NCCCCOc2ccc(C)cc2C)cc1.COCNNc1ccc(NS(=O)(=O)c2cccc(NOCCCSCCN3CCCCC3)c2)cc1.Cc1ccc(OCCCCS(=O)(=O)Nc2ccc(NNC(=O)C(=O)NN(C)C)cc2)c(C)c1. The molecule has 31 heteroatoms. The Labute approximate surface area is 597 Å². The van der Waals surface area contributed by atoms with Crippen molar-refractivity contribution in [3.05, 3.63) is 156 Å². The molecule has 1 heterocycles. The number of thioether (sulfide) groups is 1. The summed E-state index contributed by atoms with van der Waals surface area (Å²) in [6.07, 6.45) is 12.6. The van der Waals surface area contributed by atoms with E-state index < -0.39 is 43.7 Å². The zero-order valence-electron chi connectivity index (χ0n) is 58.3. The van der Waals surface area contributed by atoms with E-state index >= 15 is 0 Å². The standard InChI is InChI=1S/C24H37N5O4S2.C24H28N4O5.C22H31N5O5S/c1-32-20-25-26-21-9-11-22(12-10-21)28-35(30,31)24-8-5-7-23(19-24)27-33-16-6-17-34-18-15-29-13-3-2-4-14-29;1-4-14-33-23(30)22(29)28-27-20-10-8-19(9-11-20)26-24(31)25-13-5-6-15-32-21-12-7-17(2)16-18(21)3;1-16-7-12-20(17(2)15-16)32-13-5-6-14-33(30,31)26-19-10-8-18(9-11-19)23-24-21(28)22(29)25-27(3)4/h5,7-12,19,25-28H,2-4,6,13-18,20H2,1H3;1,7-12,16,27H,5-6,13-15H2,2-3H3,(H,28,29)(H2,25,26,31);7-12,15,23,26H,5-6,13-14H2,1-4H3,(H,24,28)(H,25,29). The summed E-state index contributed by atoms with van der Waals surface area (Å²) in [4.78, 5) is 66.3. The summed E-state index contributed by atoms with van der Waals surface area (Å²) in [5, 5.41) is 6.85. The molecule has 0 saturated carbocycles. The number of nitrogens with one attached hydrogen (secondary N) is 12. The van der Waals surface area contributed by atoms with Gasteiger partial charge in [-0.3, -0.25) is 61.3 Å². The Morgan fingerprint density at radius 3 is 1.74 bits per heavy atom. The summed E-state index contributed by atoms with van der Waals surface area (Å²) in [7, 11) is -2.49. The number of amides is 5. The zero-order chi connectivity index (χ0) is 73.3. The number of likely N-dealkylation sites (tertiary alicyclic amines) is 1. The first-order valence-corrected chi connectivity index (χ1v) is 37.1. The molecule has 6 aromatic carbocycles. The number of hydrogen-bond acceptors (Lipinski definition) is 22. The molecule has 1 aliphatic heterocycles. The van der Waals surface area contributed by atoms with Crippen molar-refractivity contribution in [2.24, 2.45) is 0 Å². The normalized spacial score (nSPS) is 11.9. The van der Waals surface area contributed by atoms with E-state index in [9.17, 15) is 40.8 Å². The molecule has 0 aliphatic carbocycles. The zero-order valence-corrected chi connectivity index (χ0v) is 60.7. The van der Waals surface area contributed by atoms with E-state index in [1.807, 2.05) is 69.8 Å². The number of rotatable bonds is 37. The molecule has 7 rings (SSSR count). The number of ether oxygens (including phenoxy) is 4. The van der Waals surface area contributed by atoms with Gasteiger partial charge in [0.25, 0.3) is 10.0 Å². The summed E-state index contributed by atoms with van der Waals surface area (Å²) < 4.78 is 76.3. The third-order valence-electron chi connectivity index (χ3n) is 14.2. The number of unbranched alkanes of at least 4 members (excludes halogenated alkanes) is 2. The van der Waals surface area contributed by atoms with Crippen molar-refractivity contribution >= 4 is 101 Å². The van der Waals surface area contributed by atoms with E-state index in [2.05, 4.69) is 85.2 Å². The van der Waals surface area contributed by atoms with Gasteiger partial charge in [-0.2, -0.15) is 11.8 Å². The highest BCUT2D eigenvalue weighted by atomic mass is 32.2. The maximum atomic E-state index is 12.8. The molecule has 1 fully saturated rings. The third kappa shape index (κ3) is 33.9. The van der Waals surface area contributed by atoms with Gasteiger partial charge in [0.2, 0.25) is 10.0 Å². The fourth-order valence-electron chi connectivity index (χ4n) is 9.19. The summed E-state index contributed by atoms with van der Waals surface area (Å²) in [5.41, 5.74) is 28.9. The second-order valence-corrected chi connectivity index (χ2v) is 27.9. The van der Waals surface area contributed by atoms with Crippen molar-refractivity contribution in [1.82, 2.24) is 36.9 Å². The molecule has 0 aromatic heterocycles. The number of piperidine rings is 1. The van der Waals surface area contributed by atoms with Crippen LogP contribution in [0.5, 0.6) is 11.5 Å². The molecule has 548 valence electrons. The molecule has 5 amide bonds. The molecule has 1 aliphatic rings. The van der Waals surface area contributed by atoms with Gasteiger partial charge in [-0.05, 0) is 206 Å². The van der Waals surface area contributed by atoms with Crippen LogP contribution in [0.15, 0.2) is 138 Å². The summed E-state index contributed by atoms with van der Waals surface area (Å²) >= 11 is 1.96. The molecule has 101 heavy (non-hydrogen) atoms. The number of terminal acetylenes is 1. The number of hydrogen-bond donors (Lipinski definition) is 12. The smallest absolute Gasteiger partial charge is 0.399 e. The number of carbonyl (C=O) groups excluding carboxylic acids is 5. The number of nitrogens with zero attached hydrogens (tertiary/aromatic N) is 2. The molecule has 0 bridgehead atoms. The van der Waals surface area contributed by atoms with Gasteiger partial charge in [-0.1, -0.05) is 53.8 Å². The molecule has 0 radical (unpaired) electrons. The number of carbonyl (C=O) groups is 5. The number of hydrazine groups is 4. The van der Waals surface area contributed by atoms with Crippen molar-refractivity contribution in [2.45, 2.75) is 84.0 Å².